The van der Waals surface area contributed by atoms with Crippen LogP contribution < -0.4 is 9.04 Å². The number of sulfonamides is 1. The van der Waals surface area contributed by atoms with Crippen LogP contribution in [0.5, 0.6) is 5.75 Å². The van der Waals surface area contributed by atoms with Gasteiger partial charge in [-0.05, 0) is 61.4 Å². The molecule has 144 valence electrons. The smallest absolute Gasteiger partial charge is 0.278 e. The average Bonchev–Trinajstić information content (AvgIpc) is 2.70. The van der Waals surface area contributed by atoms with E-state index in [0.29, 0.717) is 5.75 Å². The van der Waals surface area contributed by atoms with Crippen molar-refractivity contribution in [2.75, 3.05) is 10.9 Å². The summed E-state index contributed by atoms with van der Waals surface area (Å²) in [6.07, 6.45) is 0. The summed E-state index contributed by atoms with van der Waals surface area (Å²) in [5.41, 5.74) is 2.40. The summed E-state index contributed by atoms with van der Waals surface area (Å²) in [6.45, 7) is 3.53. The SMILES string of the molecule is Cc1ccc(OCC(=O)N(c2ccccc2)S(=O)(=O)c2ccccc2)cc1C. The lowest BCUT2D eigenvalue weighted by Crippen LogP contribution is -2.40. The minimum atomic E-state index is -4.07. The van der Waals surface area contributed by atoms with Crippen molar-refractivity contribution in [1.29, 1.82) is 0 Å². The van der Waals surface area contributed by atoms with Gasteiger partial charge in [0, 0.05) is 0 Å². The van der Waals surface area contributed by atoms with Crippen LogP contribution in [-0.2, 0) is 14.8 Å². The highest BCUT2D eigenvalue weighted by atomic mass is 32.2. The second-order valence-corrected chi connectivity index (χ2v) is 8.13. The fourth-order valence-electron chi connectivity index (χ4n) is 2.69. The zero-order chi connectivity index (χ0) is 20.1. The van der Waals surface area contributed by atoms with Crippen molar-refractivity contribution in [3.8, 4) is 5.75 Å². The molecule has 0 aliphatic carbocycles. The molecular weight excluding hydrogens is 374 g/mol. The maximum atomic E-state index is 13.1. The molecule has 0 heterocycles. The van der Waals surface area contributed by atoms with Crippen LogP contribution >= 0.6 is 0 Å². The Hall–Kier alpha value is -3.12. The van der Waals surface area contributed by atoms with Crippen LogP contribution in [0.2, 0.25) is 0 Å². The molecule has 3 rings (SSSR count). The molecule has 0 fully saturated rings. The van der Waals surface area contributed by atoms with Crippen LogP contribution in [-0.4, -0.2) is 20.9 Å². The molecule has 0 aliphatic rings. The van der Waals surface area contributed by atoms with Crippen LogP contribution in [0.3, 0.4) is 0 Å². The molecule has 3 aromatic carbocycles. The Labute approximate surface area is 165 Å². The third kappa shape index (κ3) is 4.23. The first kappa shape index (κ1) is 19.6. The zero-order valence-corrected chi connectivity index (χ0v) is 16.5. The van der Waals surface area contributed by atoms with E-state index in [1.54, 1.807) is 54.6 Å². The van der Waals surface area contributed by atoms with Gasteiger partial charge in [0.25, 0.3) is 15.9 Å². The van der Waals surface area contributed by atoms with Crippen LogP contribution in [0, 0.1) is 13.8 Å². The summed E-state index contributed by atoms with van der Waals surface area (Å²) >= 11 is 0. The van der Waals surface area contributed by atoms with Crippen molar-refractivity contribution in [2.45, 2.75) is 18.7 Å². The highest BCUT2D eigenvalue weighted by molar-refractivity contribution is 7.93. The van der Waals surface area contributed by atoms with Crippen LogP contribution in [0.25, 0.3) is 0 Å². The molecule has 0 aromatic heterocycles. The minimum absolute atomic E-state index is 0.0402. The van der Waals surface area contributed by atoms with Gasteiger partial charge in [-0.2, -0.15) is 4.31 Å². The first-order valence-electron chi connectivity index (χ1n) is 8.78. The molecule has 0 saturated heterocycles. The number of para-hydroxylation sites is 1. The van der Waals surface area contributed by atoms with Gasteiger partial charge in [-0.1, -0.05) is 42.5 Å². The third-order valence-corrected chi connectivity index (χ3v) is 6.10. The maximum Gasteiger partial charge on any atom is 0.278 e. The van der Waals surface area contributed by atoms with E-state index in [1.165, 1.54) is 12.1 Å². The lowest BCUT2D eigenvalue weighted by atomic mass is 10.1. The van der Waals surface area contributed by atoms with Gasteiger partial charge in [0.2, 0.25) is 0 Å². The van der Waals surface area contributed by atoms with E-state index >= 15 is 0 Å². The molecule has 0 radical (unpaired) electrons. The number of ether oxygens (including phenoxy) is 1. The van der Waals surface area contributed by atoms with E-state index < -0.39 is 22.5 Å². The number of carbonyl (C=O) groups excluding carboxylic acids is 1. The van der Waals surface area contributed by atoms with Gasteiger partial charge in [0.05, 0.1) is 10.6 Å². The van der Waals surface area contributed by atoms with Gasteiger partial charge in [-0.3, -0.25) is 4.79 Å². The van der Waals surface area contributed by atoms with E-state index in [9.17, 15) is 13.2 Å². The third-order valence-electron chi connectivity index (χ3n) is 4.34. The summed E-state index contributed by atoms with van der Waals surface area (Å²) in [5, 5.41) is 0. The van der Waals surface area contributed by atoms with Gasteiger partial charge in [-0.15, -0.1) is 0 Å². The van der Waals surface area contributed by atoms with Crippen molar-refractivity contribution in [3.05, 3.63) is 90.0 Å². The van der Waals surface area contributed by atoms with Crippen LogP contribution in [0.15, 0.2) is 83.8 Å². The predicted molar refractivity (Wildman–Crippen MR) is 109 cm³/mol. The Morgan fingerprint density at radius 3 is 2.07 bits per heavy atom. The van der Waals surface area contributed by atoms with Crippen molar-refractivity contribution in [1.82, 2.24) is 0 Å². The minimum Gasteiger partial charge on any atom is -0.484 e. The number of benzene rings is 3. The van der Waals surface area contributed by atoms with Crippen molar-refractivity contribution >= 4 is 21.6 Å². The van der Waals surface area contributed by atoms with E-state index in [1.807, 2.05) is 26.0 Å². The average molecular weight is 395 g/mol. The molecule has 0 spiro atoms. The Balaban J connectivity index is 1.91. The van der Waals surface area contributed by atoms with Gasteiger partial charge in [0.15, 0.2) is 6.61 Å². The largest absolute Gasteiger partial charge is 0.484 e. The normalized spacial score (nSPS) is 11.1. The molecule has 6 heteroatoms. The fourth-order valence-corrected chi connectivity index (χ4v) is 4.12. The molecule has 0 bridgehead atoms. The molecule has 28 heavy (non-hydrogen) atoms. The molecule has 0 unspecified atom stereocenters. The van der Waals surface area contributed by atoms with E-state index in [0.717, 1.165) is 15.4 Å². The summed E-state index contributed by atoms with van der Waals surface area (Å²) in [7, 11) is -4.07. The Kier molecular flexibility index (Phi) is 5.80. The number of amides is 1. The number of nitrogens with zero attached hydrogens (tertiary/aromatic N) is 1. The lowest BCUT2D eigenvalue weighted by Gasteiger charge is -2.22. The van der Waals surface area contributed by atoms with Crippen molar-refractivity contribution in [3.63, 3.8) is 0 Å². The molecule has 1 amide bonds. The van der Waals surface area contributed by atoms with Gasteiger partial charge in [-0.25, -0.2) is 8.42 Å². The number of anilines is 1. The summed E-state index contributed by atoms with van der Waals surface area (Å²) in [4.78, 5) is 13.0. The standard InChI is InChI=1S/C22H21NO4S/c1-17-13-14-20(15-18(17)2)27-16-22(24)23(19-9-5-3-6-10-19)28(25,26)21-11-7-4-8-12-21/h3-15H,16H2,1-2H3. The van der Waals surface area contributed by atoms with E-state index in [2.05, 4.69) is 0 Å². The Morgan fingerprint density at radius 1 is 0.857 bits per heavy atom. The first-order valence-corrected chi connectivity index (χ1v) is 10.2. The predicted octanol–water partition coefficient (Wildman–Crippen LogP) is 4.10. The summed E-state index contributed by atoms with van der Waals surface area (Å²) < 4.78 is 32.6. The molecule has 3 aromatic rings. The quantitative estimate of drug-likeness (QED) is 0.630. The lowest BCUT2D eigenvalue weighted by molar-refractivity contribution is -0.119. The Bertz CT molecular complexity index is 1060. The molecule has 0 atom stereocenters. The molecule has 0 aliphatic heterocycles. The first-order chi connectivity index (χ1) is 13.4. The van der Waals surface area contributed by atoms with Crippen molar-refractivity contribution in [2.24, 2.45) is 0 Å². The second kappa shape index (κ2) is 8.27. The number of aryl methyl sites for hydroxylation is 2. The number of rotatable bonds is 6. The van der Waals surface area contributed by atoms with Crippen LogP contribution in [0.1, 0.15) is 11.1 Å². The number of hydrogen-bond donors (Lipinski definition) is 0. The number of carbonyl (C=O) groups is 1. The van der Waals surface area contributed by atoms with Gasteiger partial charge >= 0.3 is 0 Å². The highest BCUT2D eigenvalue weighted by Gasteiger charge is 2.31. The molecule has 5 nitrogen and oxygen atoms in total. The van der Waals surface area contributed by atoms with Crippen LogP contribution in [0.4, 0.5) is 5.69 Å². The van der Waals surface area contributed by atoms with Gasteiger partial charge in [0.1, 0.15) is 5.75 Å². The van der Waals surface area contributed by atoms with E-state index in [-0.39, 0.29) is 10.6 Å². The summed E-state index contributed by atoms with van der Waals surface area (Å²) in [6, 6.07) is 21.6. The van der Waals surface area contributed by atoms with Gasteiger partial charge < -0.3 is 4.74 Å². The molecule has 0 N–H and O–H groups in total. The molecule has 0 saturated carbocycles. The van der Waals surface area contributed by atoms with E-state index in [4.69, 9.17) is 4.74 Å². The summed E-state index contributed by atoms with van der Waals surface area (Å²) in [5.74, 6) is -0.158. The monoisotopic (exact) mass is 395 g/mol. The topological polar surface area (TPSA) is 63.7 Å². The highest BCUT2D eigenvalue weighted by Crippen LogP contribution is 2.24. The maximum absolute atomic E-state index is 13.1. The molecular formula is C22H21NO4S. The Morgan fingerprint density at radius 2 is 1.46 bits per heavy atom. The van der Waals surface area contributed by atoms with Crippen molar-refractivity contribution < 1.29 is 17.9 Å². The fraction of sp³-hybridized carbons (Fsp3) is 0.136. The number of hydrogen-bond acceptors (Lipinski definition) is 4. The zero-order valence-electron chi connectivity index (χ0n) is 15.7. The second-order valence-electron chi connectivity index (χ2n) is 6.35.